The highest BCUT2D eigenvalue weighted by molar-refractivity contribution is 5.88. The van der Waals surface area contributed by atoms with Crippen molar-refractivity contribution in [2.75, 3.05) is 27.2 Å². The molecular formula is C15H19NO2. The van der Waals surface area contributed by atoms with Gasteiger partial charge < -0.3 is 14.7 Å². The third kappa shape index (κ3) is 3.22. The number of hydrogen-bond donors (Lipinski definition) is 1. The zero-order valence-electron chi connectivity index (χ0n) is 10.8. The largest absolute Gasteiger partial charge is 0.490 e. The second-order valence-electron chi connectivity index (χ2n) is 4.70. The second-order valence-corrected chi connectivity index (χ2v) is 4.70. The highest BCUT2D eigenvalue weighted by Gasteiger charge is 2.08. The zero-order chi connectivity index (χ0) is 13.0. The topological polar surface area (TPSA) is 32.7 Å². The Balaban J connectivity index is 2.08. The molecule has 0 aliphatic rings. The highest BCUT2D eigenvalue weighted by atomic mass is 16.5. The van der Waals surface area contributed by atoms with Crippen LogP contribution in [0.2, 0.25) is 0 Å². The molecule has 18 heavy (non-hydrogen) atoms. The molecule has 0 aliphatic carbocycles. The summed E-state index contributed by atoms with van der Waals surface area (Å²) >= 11 is 0. The molecule has 0 saturated heterocycles. The highest BCUT2D eigenvalue weighted by Crippen LogP contribution is 2.25. The summed E-state index contributed by atoms with van der Waals surface area (Å²) in [5.41, 5.74) is 0. The van der Waals surface area contributed by atoms with Crippen molar-refractivity contribution in [3.05, 3.63) is 42.5 Å². The third-order valence-electron chi connectivity index (χ3n) is 2.76. The van der Waals surface area contributed by atoms with E-state index < -0.39 is 6.10 Å². The normalized spacial score (nSPS) is 12.9. The molecule has 0 aliphatic heterocycles. The summed E-state index contributed by atoms with van der Waals surface area (Å²) in [5.74, 6) is 0.825. The van der Waals surface area contributed by atoms with Crippen molar-refractivity contribution in [1.82, 2.24) is 4.90 Å². The van der Waals surface area contributed by atoms with Crippen LogP contribution in [0, 0.1) is 0 Å². The van der Waals surface area contributed by atoms with Crippen LogP contribution in [0.5, 0.6) is 5.75 Å². The van der Waals surface area contributed by atoms with Crippen molar-refractivity contribution in [3.63, 3.8) is 0 Å². The minimum Gasteiger partial charge on any atom is -0.490 e. The van der Waals surface area contributed by atoms with Gasteiger partial charge in [-0.15, -0.1) is 0 Å². The van der Waals surface area contributed by atoms with Gasteiger partial charge in [0, 0.05) is 11.9 Å². The number of nitrogens with zero attached hydrogens (tertiary/aromatic N) is 1. The standard InChI is InChI=1S/C15H19NO2/c1-16(2)10-13(17)11-18-15-9-5-7-12-6-3-4-8-14(12)15/h3-9,13,17H,10-11H2,1-2H3/t13-/m1/s1. The first-order valence-electron chi connectivity index (χ1n) is 6.10. The Bertz CT molecular complexity index is 505. The monoisotopic (exact) mass is 245 g/mol. The Kier molecular flexibility index (Phi) is 4.18. The van der Waals surface area contributed by atoms with Crippen molar-refractivity contribution < 1.29 is 9.84 Å². The Morgan fingerprint density at radius 1 is 1.11 bits per heavy atom. The first-order chi connectivity index (χ1) is 8.66. The van der Waals surface area contributed by atoms with E-state index in [4.69, 9.17) is 4.74 Å². The van der Waals surface area contributed by atoms with Crippen LogP contribution in [0.3, 0.4) is 0 Å². The molecule has 0 saturated carbocycles. The van der Waals surface area contributed by atoms with Gasteiger partial charge >= 0.3 is 0 Å². The molecule has 1 atom stereocenters. The van der Waals surface area contributed by atoms with Gasteiger partial charge in [0.2, 0.25) is 0 Å². The quantitative estimate of drug-likeness (QED) is 0.876. The first kappa shape index (κ1) is 12.9. The van der Waals surface area contributed by atoms with Gasteiger partial charge in [0.25, 0.3) is 0 Å². The third-order valence-corrected chi connectivity index (χ3v) is 2.76. The van der Waals surface area contributed by atoms with Gasteiger partial charge in [0.15, 0.2) is 0 Å². The van der Waals surface area contributed by atoms with Gasteiger partial charge in [-0.2, -0.15) is 0 Å². The van der Waals surface area contributed by atoms with Crippen molar-refractivity contribution in [2.45, 2.75) is 6.10 Å². The molecule has 0 unspecified atom stereocenters. The van der Waals surface area contributed by atoms with Crippen LogP contribution in [0.1, 0.15) is 0 Å². The Morgan fingerprint density at radius 3 is 2.61 bits per heavy atom. The van der Waals surface area contributed by atoms with Gasteiger partial charge in [-0.05, 0) is 25.5 Å². The summed E-state index contributed by atoms with van der Waals surface area (Å²) in [6, 6.07) is 14.0. The van der Waals surface area contributed by atoms with E-state index >= 15 is 0 Å². The van der Waals surface area contributed by atoms with Gasteiger partial charge in [-0.1, -0.05) is 36.4 Å². The van der Waals surface area contributed by atoms with E-state index in [1.54, 1.807) is 0 Å². The maximum Gasteiger partial charge on any atom is 0.127 e. The van der Waals surface area contributed by atoms with E-state index in [1.807, 2.05) is 49.3 Å². The molecule has 0 amide bonds. The molecule has 1 N–H and O–H groups in total. The maximum absolute atomic E-state index is 9.79. The van der Waals surface area contributed by atoms with E-state index in [9.17, 15) is 5.11 Å². The van der Waals surface area contributed by atoms with Crippen LogP contribution in [0.15, 0.2) is 42.5 Å². The summed E-state index contributed by atoms with van der Waals surface area (Å²) < 4.78 is 5.71. The molecule has 0 radical (unpaired) electrons. The van der Waals surface area contributed by atoms with E-state index in [0.29, 0.717) is 13.2 Å². The molecule has 0 fully saturated rings. The van der Waals surface area contributed by atoms with Crippen LogP contribution < -0.4 is 4.74 Å². The summed E-state index contributed by atoms with van der Waals surface area (Å²) in [6.07, 6.45) is -0.473. The lowest BCUT2D eigenvalue weighted by atomic mass is 10.1. The van der Waals surface area contributed by atoms with Crippen molar-refractivity contribution in [3.8, 4) is 5.75 Å². The molecule has 2 rings (SSSR count). The van der Waals surface area contributed by atoms with E-state index in [1.165, 1.54) is 0 Å². The smallest absolute Gasteiger partial charge is 0.127 e. The molecule has 0 spiro atoms. The average molecular weight is 245 g/mol. The van der Waals surface area contributed by atoms with Crippen LogP contribution in [0.4, 0.5) is 0 Å². The summed E-state index contributed by atoms with van der Waals surface area (Å²) in [4.78, 5) is 1.94. The fourth-order valence-corrected chi connectivity index (χ4v) is 1.98. The molecule has 2 aromatic rings. The molecule has 96 valence electrons. The lowest BCUT2D eigenvalue weighted by Crippen LogP contribution is -2.30. The predicted octanol–water partition coefficient (Wildman–Crippen LogP) is 2.14. The summed E-state index contributed by atoms with van der Waals surface area (Å²) in [5, 5.41) is 12.0. The minimum atomic E-state index is -0.473. The van der Waals surface area contributed by atoms with Crippen LogP contribution >= 0.6 is 0 Å². The fourth-order valence-electron chi connectivity index (χ4n) is 1.98. The zero-order valence-corrected chi connectivity index (χ0v) is 10.8. The fraction of sp³-hybridized carbons (Fsp3) is 0.333. The Morgan fingerprint density at radius 2 is 1.83 bits per heavy atom. The molecule has 0 heterocycles. The van der Waals surface area contributed by atoms with Crippen molar-refractivity contribution >= 4 is 10.8 Å². The Hall–Kier alpha value is -1.58. The molecule has 0 aromatic heterocycles. The maximum atomic E-state index is 9.79. The minimum absolute atomic E-state index is 0.312. The van der Waals surface area contributed by atoms with E-state index in [2.05, 4.69) is 12.1 Å². The summed E-state index contributed by atoms with van der Waals surface area (Å²) in [7, 11) is 3.86. The van der Waals surface area contributed by atoms with Gasteiger partial charge in [-0.25, -0.2) is 0 Å². The Labute approximate surface area is 108 Å². The lowest BCUT2D eigenvalue weighted by molar-refractivity contribution is 0.0838. The number of rotatable bonds is 5. The van der Waals surface area contributed by atoms with Crippen LogP contribution in [0.25, 0.3) is 10.8 Å². The predicted molar refractivity (Wildman–Crippen MR) is 74.0 cm³/mol. The van der Waals surface area contributed by atoms with Crippen LogP contribution in [-0.2, 0) is 0 Å². The van der Waals surface area contributed by atoms with Crippen molar-refractivity contribution in [2.24, 2.45) is 0 Å². The first-order valence-corrected chi connectivity index (χ1v) is 6.10. The molecular weight excluding hydrogens is 226 g/mol. The number of aliphatic hydroxyl groups is 1. The average Bonchev–Trinajstić information content (AvgIpc) is 2.35. The number of fused-ring (bicyclic) bond motifs is 1. The number of ether oxygens (including phenoxy) is 1. The van der Waals surface area contributed by atoms with E-state index in [-0.39, 0.29) is 0 Å². The van der Waals surface area contributed by atoms with Gasteiger partial charge in [0.05, 0.1) is 0 Å². The number of benzene rings is 2. The second kappa shape index (κ2) is 5.85. The van der Waals surface area contributed by atoms with Crippen molar-refractivity contribution in [1.29, 1.82) is 0 Å². The lowest BCUT2D eigenvalue weighted by Gasteiger charge is -2.17. The molecule has 0 bridgehead atoms. The van der Waals surface area contributed by atoms with Gasteiger partial charge in [0.1, 0.15) is 18.5 Å². The number of likely N-dealkylation sites (N-methyl/N-ethyl adjacent to an activating group) is 1. The van der Waals surface area contributed by atoms with Gasteiger partial charge in [-0.3, -0.25) is 0 Å². The number of aliphatic hydroxyl groups excluding tert-OH is 1. The molecule has 2 aromatic carbocycles. The van der Waals surface area contributed by atoms with Crippen LogP contribution in [-0.4, -0.2) is 43.4 Å². The number of hydrogen-bond acceptors (Lipinski definition) is 3. The van der Waals surface area contributed by atoms with E-state index in [0.717, 1.165) is 16.5 Å². The SMILES string of the molecule is CN(C)C[C@@H](O)COc1cccc2ccccc12. The molecule has 3 heteroatoms. The summed E-state index contributed by atoms with van der Waals surface area (Å²) in [6.45, 7) is 0.914. The molecule has 3 nitrogen and oxygen atoms in total.